The number of hydrogen-bond acceptors (Lipinski definition) is 3. The van der Waals surface area contributed by atoms with Crippen LogP contribution in [0.2, 0.25) is 0 Å². The smallest absolute Gasteiger partial charge is 0.332 e. The fourth-order valence-corrected chi connectivity index (χ4v) is 1.56. The van der Waals surface area contributed by atoms with Crippen LogP contribution >= 0.6 is 12.4 Å². The highest BCUT2D eigenvalue weighted by molar-refractivity contribution is 5.85. The van der Waals surface area contributed by atoms with E-state index in [4.69, 9.17) is 5.11 Å². The van der Waals surface area contributed by atoms with Crippen LogP contribution in [0.15, 0.2) is 36.5 Å². The van der Waals surface area contributed by atoms with E-state index >= 15 is 0 Å². The van der Waals surface area contributed by atoms with Crippen molar-refractivity contribution in [3.05, 3.63) is 42.1 Å². The van der Waals surface area contributed by atoms with Gasteiger partial charge in [0.25, 0.3) is 0 Å². The van der Waals surface area contributed by atoms with Crippen molar-refractivity contribution < 1.29 is 15.0 Å². The van der Waals surface area contributed by atoms with Crippen LogP contribution in [0, 0.1) is 0 Å². The lowest BCUT2D eigenvalue weighted by Gasteiger charge is -2.06. The van der Waals surface area contributed by atoms with Crippen molar-refractivity contribution in [1.82, 2.24) is 4.98 Å². The van der Waals surface area contributed by atoms with Gasteiger partial charge in [0.2, 0.25) is 0 Å². The molecule has 4 nitrogen and oxygen atoms in total. The van der Waals surface area contributed by atoms with E-state index in [1.54, 1.807) is 12.3 Å². The average molecular weight is 254 g/mol. The van der Waals surface area contributed by atoms with Crippen LogP contribution in [-0.2, 0) is 11.2 Å². The normalized spacial score (nSPS) is 11.8. The third-order valence-electron chi connectivity index (χ3n) is 2.38. The predicted molar refractivity (Wildman–Crippen MR) is 66.3 cm³/mol. The zero-order valence-electron chi connectivity index (χ0n) is 8.91. The molecule has 2 N–H and O–H groups in total. The van der Waals surface area contributed by atoms with Gasteiger partial charge in [0, 0.05) is 18.0 Å². The summed E-state index contributed by atoms with van der Waals surface area (Å²) in [6.45, 7) is 0. The maximum atomic E-state index is 10.5. The van der Waals surface area contributed by atoms with Gasteiger partial charge in [-0.2, -0.15) is 0 Å². The number of fused-ring (bicyclic) bond motifs is 1. The number of aromatic nitrogens is 1. The molecular formula is C12H12ClNO3. The molecule has 0 fully saturated rings. The van der Waals surface area contributed by atoms with Gasteiger partial charge in [-0.15, -0.1) is 12.4 Å². The molecule has 2 rings (SSSR count). The molecular weight excluding hydrogens is 242 g/mol. The summed E-state index contributed by atoms with van der Waals surface area (Å²) < 4.78 is 0. The number of aliphatic carboxylic acids is 1. The zero-order valence-corrected chi connectivity index (χ0v) is 9.72. The Balaban J connectivity index is 0.00000144. The van der Waals surface area contributed by atoms with Crippen molar-refractivity contribution >= 4 is 29.3 Å². The van der Waals surface area contributed by atoms with Crippen LogP contribution in [0.3, 0.4) is 0 Å². The summed E-state index contributed by atoms with van der Waals surface area (Å²) in [5.41, 5.74) is 1.64. The Labute approximate surface area is 104 Å². The lowest BCUT2D eigenvalue weighted by Crippen LogP contribution is -2.21. The monoisotopic (exact) mass is 253 g/mol. The average Bonchev–Trinajstić information content (AvgIpc) is 2.28. The van der Waals surface area contributed by atoms with Crippen molar-refractivity contribution in [3.63, 3.8) is 0 Å². The molecule has 0 saturated carbocycles. The molecule has 0 radical (unpaired) electrons. The number of carbonyl (C=O) groups is 1. The van der Waals surface area contributed by atoms with Crippen LogP contribution in [0.4, 0.5) is 0 Å². The summed E-state index contributed by atoms with van der Waals surface area (Å²) in [6, 6.07) is 9.16. The second kappa shape index (κ2) is 5.61. The summed E-state index contributed by atoms with van der Waals surface area (Å²) in [6.07, 6.45) is 0.461. The first-order chi connectivity index (χ1) is 7.66. The van der Waals surface area contributed by atoms with E-state index in [2.05, 4.69) is 4.98 Å². The number of aliphatic hydroxyl groups excluding tert-OH is 1. The number of nitrogens with zero attached hydrogens (tertiary/aromatic N) is 1. The lowest BCUT2D eigenvalue weighted by molar-refractivity contribution is -0.146. The molecule has 0 bridgehead atoms. The molecule has 5 heteroatoms. The van der Waals surface area contributed by atoms with Crippen molar-refractivity contribution in [2.24, 2.45) is 0 Å². The third-order valence-corrected chi connectivity index (χ3v) is 2.38. The molecule has 0 amide bonds. The molecule has 1 heterocycles. The Kier molecular flexibility index (Phi) is 4.43. The first-order valence-corrected chi connectivity index (χ1v) is 4.91. The fraction of sp³-hybridized carbons (Fsp3) is 0.167. The Hall–Kier alpha value is -1.65. The highest BCUT2D eigenvalue weighted by Crippen LogP contribution is 2.14. The van der Waals surface area contributed by atoms with Crippen molar-refractivity contribution in [2.45, 2.75) is 12.5 Å². The summed E-state index contributed by atoms with van der Waals surface area (Å²) in [4.78, 5) is 14.7. The van der Waals surface area contributed by atoms with E-state index < -0.39 is 12.1 Å². The maximum Gasteiger partial charge on any atom is 0.332 e. The van der Waals surface area contributed by atoms with Crippen molar-refractivity contribution in [1.29, 1.82) is 0 Å². The second-order valence-corrected chi connectivity index (χ2v) is 3.59. The zero-order chi connectivity index (χ0) is 11.5. The first kappa shape index (κ1) is 13.4. The molecule has 0 aliphatic carbocycles. The molecule has 17 heavy (non-hydrogen) atoms. The van der Waals surface area contributed by atoms with E-state index in [0.29, 0.717) is 0 Å². The van der Waals surface area contributed by atoms with Gasteiger partial charge in [0.1, 0.15) is 0 Å². The highest BCUT2D eigenvalue weighted by Gasteiger charge is 2.13. The number of carboxylic acids is 1. The van der Waals surface area contributed by atoms with E-state index in [1.807, 2.05) is 24.3 Å². The minimum absolute atomic E-state index is 0. The third kappa shape index (κ3) is 3.15. The number of halogens is 1. The van der Waals surface area contributed by atoms with E-state index in [1.165, 1.54) is 0 Å². The van der Waals surface area contributed by atoms with Crippen LogP contribution in [0.5, 0.6) is 0 Å². The fourth-order valence-electron chi connectivity index (χ4n) is 1.56. The molecule has 1 unspecified atom stereocenters. The number of hydrogen-bond donors (Lipinski definition) is 2. The number of pyridine rings is 1. The predicted octanol–water partition coefficient (Wildman–Crippen LogP) is 1.64. The van der Waals surface area contributed by atoms with E-state index in [-0.39, 0.29) is 18.8 Å². The maximum absolute atomic E-state index is 10.5. The molecule has 1 aromatic carbocycles. The van der Waals surface area contributed by atoms with Gasteiger partial charge >= 0.3 is 5.97 Å². The van der Waals surface area contributed by atoms with Crippen LogP contribution in [-0.4, -0.2) is 27.3 Å². The number of rotatable bonds is 3. The number of aliphatic hydroxyl groups is 1. The topological polar surface area (TPSA) is 70.4 Å². The van der Waals surface area contributed by atoms with Crippen LogP contribution < -0.4 is 0 Å². The summed E-state index contributed by atoms with van der Waals surface area (Å²) in [5, 5.41) is 18.8. The second-order valence-electron chi connectivity index (χ2n) is 3.59. The van der Waals surface area contributed by atoms with Crippen LogP contribution in [0.25, 0.3) is 10.9 Å². The minimum Gasteiger partial charge on any atom is -0.479 e. The molecule has 0 aliphatic heterocycles. The number of carboxylic acid groups (broad SMARTS) is 1. The summed E-state index contributed by atoms with van der Waals surface area (Å²) in [7, 11) is 0. The van der Waals surface area contributed by atoms with Gasteiger partial charge in [0.15, 0.2) is 6.10 Å². The molecule has 0 spiro atoms. The SMILES string of the molecule is Cl.O=C(O)C(O)Cc1ccc2ncccc2c1. The summed E-state index contributed by atoms with van der Waals surface area (Å²) >= 11 is 0. The van der Waals surface area contributed by atoms with Crippen molar-refractivity contribution in [3.8, 4) is 0 Å². The largest absolute Gasteiger partial charge is 0.479 e. The Morgan fingerprint density at radius 2 is 2.12 bits per heavy atom. The molecule has 0 saturated heterocycles. The Morgan fingerprint density at radius 3 is 2.82 bits per heavy atom. The Morgan fingerprint density at radius 1 is 1.35 bits per heavy atom. The summed E-state index contributed by atoms with van der Waals surface area (Å²) in [5.74, 6) is -1.20. The van der Waals surface area contributed by atoms with Crippen molar-refractivity contribution in [2.75, 3.05) is 0 Å². The first-order valence-electron chi connectivity index (χ1n) is 4.91. The standard InChI is InChI=1S/C12H11NO3.ClH/c14-11(12(15)16)7-8-3-4-10-9(6-8)2-1-5-13-10;/h1-6,11,14H,7H2,(H,15,16);1H. The van der Waals surface area contributed by atoms with Gasteiger partial charge in [-0.3, -0.25) is 4.98 Å². The van der Waals surface area contributed by atoms with Gasteiger partial charge in [0.05, 0.1) is 5.52 Å². The van der Waals surface area contributed by atoms with E-state index in [0.717, 1.165) is 16.5 Å². The van der Waals surface area contributed by atoms with Gasteiger partial charge in [-0.25, -0.2) is 4.79 Å². The molecule has 90 valence electrons. The molecule has 2 aromatic rings. The van der Waals surface area contributed by atoms with Gasteiger partial charge in [-0.1, -0.05) is 12.1 Å². The Bertz CT molecular complexity index is 530. The molecule has 1 aromatic heterocycles. The molecule has 0 aliphatic rings. The van der Waals surface area contributed by atoms with E-state index in [9.17, 15) is 9.90 Å². The van der Waals surface area contributed by atoms with Gasteiger partial charge in [-0.05, 0) is 23.8 Å². The van der Waals surface area contributed by atoms with Crippen LogP contribution in [0.1, 0.15) is 5.56 Å². The quantitative estimate of drug-likeness (QED) is 0.873. The highest BCUT2D eigenvalue weighted by atomic mass is 35.5. The van der Waals surface area contributed by atoms with Gasteiger partial charge < -0.3 is 10.2 Å². The minimum atomic E-state index is -1.35. The number of benzene rings is 1. The molecule has 1 atom stereocenters. The lowest BCUT2D eigenvalue weighted by atomic mass is 10.1.